The van der Waals surface area contributed by atoms with Crippen LogP contribution in [0.4, 0.5) is 5.69 Å². The molecule has 1 aliphatic heterocycles. The minimum absolute atomic E-state index is 0.309. The zero-order chi connectivity index (χ0) is 20.9. The molecule has 2 aromatic carbocycles. The van der Waals surface area contributed by atoms with Gasteiger partial charge in [-0.05, 0) is 17.7 Å². The van der Waals surface area contributed by atoms with Crippen LogP contribution in [0.15, 0.2) is 70.4 Å². The summed E-state index contributed by atoms with van der Waals surface area (Å²) in [5.74, 6) is 0.683. The summed E-state index contributed by atoms with van der Waals surface area (Å²) in [5, 5.41) is 2.70. The van der Waals surface area contributed by atoms with Crippen molar-refractivity contribution in [3.8, 4) is 11.5 Å². The van der Waals surface area contributed by atoms with E-state index in [1.165, 1.54) is 16.8 Å². The van der Waals surface area contributed by atoms with Gasteiger partial charge in [0.25, 0.3) is 5.56 Å². The fourth-order valence-electron chi connectivity index (χ4n) is 3.19. The Kier molecular flexibility index (Phi) is 5.65. The number of anilines is 1. The van der Waals surface area contributed by atoms with Crippen LogP contribution < -0.4 is 26.0 Å². The fraction of sp³-hybridized carbons (Fsp3) is 0.227. The summed E-state index contributed by atoms with van der Waals surface area (Å²) in [6, 6.07) is 15.8. The highest BCUT2D eigenvalue weighted by atomic mass is 16.5. The average Bonchev–Trinajstić information content (AvgIpc) is 2.99. The number of rotatable bonds is 5. The van der Waals surface area contributed by atoms with Gasteiger partial charge in [-0.3, -0.25) is 18.7 Å². The van der Waals surface area contributed by atoms with Crippen molar-refractivity contribution >= 4 is 11.6 Å². The molecule has 0 aliphatic carbocycles. The number of hydrogen-bond donors (Lipinski definition) is 1. The molecule has 8 nitrogen and oxygen atoms in total. The van der Waals surface area contributed by atoms with Crippen molar-refractivity contribution < 1.29 is 14.3 Å². The molecule has 154 valence electrons. The Bertz CT molecular complexity index is 1170. The van der Waals surface area contributed by atoms with Crippen molar-refractivity contribution in [3.05, 3.63) is 87.2 Å². The maximum absolute atomic E-state index is 12.7. The van der Waals surface area contributed by atoms with Crippen molar-refractivity contribution in [2.75, 3.05) is 18.5 Å². The van der Waals surface area contributed by atoms with Crippen LogP contribution in [0.25, 0.3) is 0 Å². The van der Waals surface area contributed by atoms with E-state index in [0.29, 0.717) is 36.9 Å². The van der Waals surface area contributed by atoms with E-state index < -0.39 is 17.2 Å². The lowest BCUT2D eigenvalue weighted by atomic mass is 10.2. The molecule has 0 atom stereocenters. The first kappa shape index (κ1) is 19.5. The van der Waals surface area contributed by atoms with Gasteiger partial charge >= 0.3 is 5.69 Å². The Labute approximate surface area is 172 Å². The topological polar surface area (TPSA) is 91.6 Å². The Hall–Kier alpha value is -3.81. The second kappa shape index (κ2) is 8.69. The largest absolute Gasteiger partial charge is 0.490 e. The van der Waals surface area contributed by atoms with E-state index in [-0.39, 0.29) is 6.54 Å². The van der Waals surface area contributed by atoms with Crippen LogP contribution in [0.3, 0.4) is 0 Å². The molecule has 0 fully saturated rings. The molecule has 8 heteroatoms. The van der Waals surface area contributed by atoms with Gasteiger partial charge in [0.2, 0.25) is 5.91 Å². The van der Waals surface area contributed by atoms with Crippen LogP contribution in [0, 0.1) is 0 Å². The van der Waals surface area contributed by atoms with Crippen LogP contribution in [-0.2, 0) is 17.9 Å². The molecule has 1 N–H and O–H groups in total. The predicted molar refractivity (Wildman–Crippen MR) is 111 cm³/mol. The fourth-order valence-corrected chi connectivity index (χ4v) is 3.19. The predicted octanol–water partition coefficient (Wildman–Crippen LogP) is 1.86. The van der Waals surface area contributed by atoms with E-state index in [2.05, 4.69) is 5.32 Å². The summed E-state index contributed by atoms with van der Waals surface area (Å²) in [5.41, 5.74) is 0.345. The summed E-state index contributed by atoms with van der Waals surface area (Å²) < 4.78 is 13.5. The number of ether oxygens (including phenoxy) is 2. The second-order valence-corrected chi connectivity index (χ2v) is 6.90. The lowest BCUT2D eigenvalue weighted by Gasteiger charge is -2.12. The molecule has 0 spiro atoms. The van der Waals surface area contributed by atoms with Gasteiger partial charge in [-0.15, -0.1) is 0 Å². The monoisotopic (exact) mass is 407 g/mol. The Balaban J connectivity index is 1.50. The van der Waals surface area contributed by atoms with Gasteiger partial charge in [0.1, 0.15) is 6.54 Å². The average molecular weight is 407 g/mol. The Morgan fingerprint density at radius 1 is 0.967 bits per heavy atom. The van der Waals surface area contributed by atoms with Gasteiger partial charge < -0.3 is 14.8 Å². The highest BCUT2D eigenvalue weighted by Crippen LogP contribution is 2.32. The van der Waals surface area contributed by atoms with E-state index in [0.717, 1.165) is 16.6 Å². The van der Waals surface area contributed by atoms with E-state index >= 15 is 0 Å². The first-order valence-electron chi connectivity index (χ1n) is 9.64. The van der Waals surface area contributed by atoms with E-state index in [1.54, 1.807) is 18.2 Å². The highest BCUT2D eigenvalue weighted by Gasteiger charge is 2.14. The maximum atomic E-state index is 12.7. The summed E-state index contributed by atoms with van der Waals surface area (Å²) >= 11 is 0. The van der Waals surface area contributed by atoms with Gasteiger partial charge in [0.15, 0.2) is 11.5 Å². The Morgan fingerprint density at radius 2 is 1.73 bits per heavy atom. The summed E-state index contributed by atoms with van der Waals surface area (Å²) in [7, 11) is 0. The molecular weight excluding hydrogens is 386 g/mol. The van der Waals surface area contributed by atoms with E-state index in [4.69, 9.17) is 9.47 Å². The molecule has 0 radical (unpaired) electrons. The molecule has 0 saturated carbocycles. The number of nitrogens with one attached hydrogen (secondary N) is 1. The number of benzene rings is 2. The molecule has 4 rings (SSSR count). The lowest BCUT2D eigenvalue weighted by molar-refractivity contribution is -0.116. The highest BCUT2D eigenvalue weighted by molar-refractivity contribution is 5.90. The number of aromatic nitrogens is 2. The third-order valence-electron chi connectivity index (χ3n) is 4.67. The quantitative estimate of drug-likeness (QED) is 0.697. The number of fused-ring (bicyclic) bond motifs is 1. The third kappa shape index (κ3) is 4.43. The second-order valence-electron chi connectivity index (χ2n) is 6.90. The summed E-state index contributed by atoms with van der Waals surface area (Å²) in [6.07, 6.45) is 2.22. The molecule has 1 aromatic heterocycles. The minimum Gasteiger partial charge on any atom is -0.490 e. The van der Waals surface area contributed by atoms with E-state index in [9.17, 15) is 14.4 Å². The normalized spacial score (nSPS) is 12.8. The van der Waals surface area contributed by atoms with Crippen LogP contribution in [0.2, 0.25) is 0 Å². The Morgan fingerprint density at radius 3 is 2.53 bits per heavy atom. The number of carbonyl (C=O) groups excluding carboxylic acids is 1. The number of nitrogens with zero attached hydrogens (tertiary/aromatic N) is 2. The van der Waals surface area contributed by atoms with Crippen molar-refractivity contribution in [1.82, 2.24) is 9.13 Å². The molecule has 30 heavy (non-hydrogen) atoms. The molecule has 0 unspecified atom stereocenters. The third-order valence-corrected chi connectivity index (χ3v) is 4.67. The van der Waals surface area contributed by atoms with Gasteiger partial charge in [0, 0.05) is 30.4 Å². The van der Waals surface area contributed by atoms with Gasteiger partial charge in [0.05, 0.1) is 19.8 Å². The summed E-state index contributed by atoms with van der Waals surface area (Å²) in [4.78, 5) is 37.4. The SMILES string of the molecule is O=C(Cn1c(=O)ccn(Cc2ccccc2)c1=O)Nc1ccc2c(c1)OCCCO2. The molecule has 1 amide bonds. The maximum Gasteiger partial charge on any atom is 0.331 e. The van der Waals surface area contributed by atoms with Crippen molar-refractivity contribution in [2.24, 2.45) is 0 Å². The van der Waals surface area contributed by atoms with E-state index in [1.807, 2.05) is 30.3 Å². The molecule has 0 saturated heterocycles. The van der Waals surface area contributed by atoms with Crippen molar-refractivity contribution in [2.45, 2.75) is 19.5 Å². The number of amides is 1. The first-order chi connectivity index (χ1) is 14.6. The number of hydrogen-bond acceptors (Lipinski definition) is 5. The minimum atomic E-state index is -0.542. The molecule has 3 aromatic rings. The number of carbonyl (C=O) groups is 1. The van der Waals surface area contributed by atoms with Crippen LogP contribution in [-0.4, -0.2) is 28.3 Å². The zero-order valence-electron chi connectivity index (χ0n) is 16.2. The smallest absolute Gasteiger partial charge is 0.331 e. The van der Waals surface area contributed by atoms with Gasteiger partial charge in [-0.1, -0.05) is 30.3 Å². The molecule has 1 aliphatic rings. The van der Waals surface area contributed by atoms with Crippen LogP contribution in [0.1, 0.15) is 12.0 Å². The molecular formula is C22H21N3O5. The molecule has 2 heterocycles. The molecule has 0 bridgehead atoms. The van der Waals surface area contributed by atoms with Crippen molar-refractivity contribution in [1.29, 1.82) is 0 Å². The first-order valence-corrected chi connectivity index (χ1v) is 9.64. The van der Waals surface area contributed by atoms with Gasteiger partial charge in [-0.2, -0.15) is 0 Å². The zero-order valence-corrected chi connectivity index (χ0v) is 16.2. The lowest BCUT2D eigenvalue weighted by Crippen LogP contribution is -2.41. The van der Waals surface area contributed by atoms with Crippen LogP contribution in [0.5, 0.6) is 11.5 Å². The van der Waals surface area contributed by atoms with Crippen LogP contribution >= 0.6 is 0 Å². The summed E-state index contributed by atoms with van der Waals surface area (Å²) in [6.45, 7) is 1.03. The van der Waals surface area contributed by atoms with Gasteiger partial charge in [-0.25, -0.2) is 4.79 Å². The standard InChI is InChI=1S/C22H21N3O5/c26-20(23-17-7-8-18-19(13-17)30-12-4-11-29-18)15-25-21(27)9-10-24(22(25)28)14-16-5-2-1-3-6-16/h1-3,5-10,13H,4,11-12,14-15H2,(H,23,26). The van der Waals surface area contributed by atoms with Crippen molar-refractivity contribution in [3.63, 3.8) is 0 Å².